The molecule has 12 heteroatoms. The summed E-state index contributed by atoms with van der Waals surface area (Å²) in [7, 11) is 2.13. The van der Waals surface area contributed by atoms with Gasteiger partial charge in [0.05, 0.1) is 10.9 Å². The molecule has 2 saturated heterocycles. The third kappa shape index (κ3) is 6.45. The molecule has 2 fully saturated rings. The summed E-state index contributed by atoms with van der Waals surface area (Å²) >= 11 is 1.13. The highest BCUT2D eigenvalue weighted by atomic mass is 32.2. The van der Waals surface area contributed by atoms with Gasteiger partial charge in [-0.2, -0.15) is 5.10 Å². The highest BCUT2D eigenvalue weighted by Gasteiger charge is 2.22. The van der Waals surface area contributed by atoms with E-state index in [2.05, 4.69) is 48.7 Å². The van der Waals surface area contributed by atoms with Crippen molar-refractivity contribution in [3.8, 4) is 0 Å². The highest BCUT2D eigenvalue weighted by molar-refractivity contribution is 7.99. The quantitative estimate of drug-likeness (QED) is 0.282. The molecule has 41 heavy (non-hydrogen) atoms. The Bertz CT molecular complexity index is 1530. The van der Waals surface area contributed by atoms with E-state index in [4.69, 9.17) is 4.74 Å². The Labute approximate surface area is 240 Å². The third-order valence-electron chi connectivity index (χ3n) is 7.39. The van der Waals surface area contributed by atoms with Gasteiger partial charge in [0.15, 0.2) is 5.65 Å². The maximum atomic E-state index is 13.6. The Hall–Kier alpha value is -3.74. The van der Waals surface area contributed by atoms with Crippen molar-refractivity contribution < 1.29 is 18.3 Å². The number of amides is 1. The van der Waals surface area contributed by atoms with E-state index in [1.165, 1.54) is 12.1 Å². The van der Waals surface area contributed by atoms with Crippen molar-refractivity contribution in [2.75, 3.05) is 62.0 Å². The van der Waals surface area contributed by atoms with E-state index < -0.39 is 11.6 Å². The number of likely N-dealkylation sites (N-methyl/N-ethyl adjacent to an activating group) is 1. The molecule has 1 amide bonds. The van der Waals surface area contributed by atoms with Crippen LogP contribution in [0.15, 0.2) is 58.5 Å². The summed E-state index contributed by atoms with van der Waals surface area (Å²) in [6.07, 6.45) is 1.75. The molecule has 2 aliphatic rings. The van der Waals surface area contributed by atoms with Crippen molar-refractivity contribution >= 4 is 45.9 Å². The van der Waals surface area contributed by atoms with Crippen molar-refractivity contribution in [3.63, 3.8) is 0 Å². The number of H-pyrrole nitrogens is 1. The first-order valence-electron chi connectivity index (χ1n) is 13.6. The lowest BCUT2D eigenvalue weighted by Gasteiger charge is -2.34. The van der Waals surface area contributed by atoms with E-state index in [1.807, 2.05) is 12.1 Å². The SMILES string of the molecule is CN1CCN(c2ccc(C(=O)Nc3[nH]nc4nc(Sc5cc(F)cc(F)c5)ccc34)c(NC3CCOCC3)c2)CC1. The first-order valence-corrected chi connectivity index (χ1v) is 14.5. The minimum absolute atomic E-state index is 0.220. The number of ether oxygens (including phenoxy) is 1. The van der Waals surface area contributed by atoms with Crippen LogP contribution in [0.1, 0.15) is 23.2 Å². The van der Waals surface area contributed by atoms with E-state index in [0.29, 0.717) is 45.5 Å². The zero-order valence-corrected chi connectivity index (χ0v) is 23.4. The zero-order chi connectivity index (χ0) is 28.3. The first kappa shape index (κ1) is 27.4. The van der Waals surface area contributed by atoms with Crippen molar-refractivity contribution in [3.05, 3.63) is 65.7 Å². The van der Waals surface area contributed by atoms with Crippen LogP contribution in [-0.4, -0.2) is 78.5 Å². The van der Waals surface area contributed by atoms with E-state index in [1.54, 1.807) is 12.1 Å². The van der Waals surface area contributed by atoms with Gasteiger partial charge in [0.1, 0.15) is 22.5 Å². The van der Waals surface area contributed by atoms with Crippen molar-refractivity contribution in [2.24, 2.45) is 0 Å². The second kappa shape index (κ2) is 12.0. The van der Waals surface area contributed by atoms with Crippen molar-refractivity contribution in [1.82, 2.24) is 20.1 Å². The van der Waals surface area contributed by atoms with Gasteiger partial charge in [-0.05, 0) is 62.4 Å². The Morgan fingerprint density at radius 1 is 1.02 bits per heavy atom. The molecule has 0 radical (unpaired) electrons. The Morgan fingerprint density at radius 3 is 2.54 bits per heavy atom. The molecule has 4 aromatic rings. The van der Waals surface area contributed by atoms with Gasteiger partial charge in [-0.1, -0.05) is 11.8 Å². The number of carbonyl (C=O) groups is 1. The Balaban J connectivity index is 1.22. The van der Waals surface area contributed by atoms with Crippen LogP contribution < -0.4 is 15.5 Å². The summed E-state index contributed by atoms with van der Waals surface area (Å²) in [5.74, 6) is -1.16. The van der Waals surface area contributed by atoms with E-state index in [0.717, 1.165) is 68.2 Å². The molecule has 4 heterocycles. The minimum atomic E-state index is -0.652. The molecule has 2 aliphatic heterocycles. The fraction of sp³-hybridized carbons (Fsp3) is 0.345. The van der Waals surface area contributed by atoms with Gasteiger partial charge in [-0.15, -0.1) is 0 Å². The third-order valence-corrected chi connectivity index (χ3v) is 8.29. The lowest BCUT2D eigenvalue weighted by atomic mass is 10.1. The smallest absolute Gasteiger partial charge is 0.258 e. The van der Waals surface area contributed by atoms with Gasteiger partial charge in [0, 0.05) is 67.8 Å². The lowest BCUT2D eigenvalue weighted by Crippen LogP contribution is -2.44. The van der Waals surface area contributed by atoms with E-state index >= 15 is 0 Å². The number of pyridine rings is 1. The summed E-state index contributed by atoms with van der Waals surface area (Å²) in [4.78, 5) is 23.1. The molecule has 2 aromatic heterocycles. The highest BCUT2D eigenvalue weighted by Crippen LogP contribution is 2.31. The van der Waals surface area contributed by atoms with Gasteiger partial charge >= 0.3 is 0 Å². The van der Waals surface area contributed by atoms with E-state index in [-0.39, 0.29) is 11.9 Å². The summed E-state index contributed by atoms with van der Waals surface area (Å²) in [6, 6.07) is 13.0. The monoisotopic (exact) mass is 579 g/mol. The van der Waals surface area contributed by atoms with Gasteiger partial charge in [0.2, 0.25) is 0 Å². The maximum Gasteiger partial charge on any atom is 0.258 e. The van der Waals surface area contributed by atoms with Crippen molar-refractivity contribution in [1.29, 1.82) is 0 Å². The second-order valence-corrected chi connectivity index (χ2v) is 11.4. The molecule has 9 nitrogen and oxygen atoms in total. The number of nitrogens with one attached hydrogen (secondary N) is 3. The van der Waals surface area contributed by atoms with Crippen LogP contribution in [0.4, 0.5) is 26.0 Å². The van der Waals surface area contributed by atoms with Gasteiger partial charge < -0.3 is 25.2 Å². The number of aromatic nitrogens is 3. The first-order chi connectivity index (χ1) is 19.9. The number of fused-ring (bicyclic) bond motifs is 1. The normalized spacial score (nSPS) is 16.7. The summed E-state index contributed by atoms with van der Waals surface area (Å²) < 4.78 is 32.7. The second-order valence-electron chi connectivity index (χ2n) is 10.3. The topological polar surface area (TPSA) is 98.4 Å². The summed E-state index contributed by atoms with van der Waals surface area (Å²) in [6.45, 7) is 5.23. The molecular weight excluding hydrogens is 548 g/mol. The number of hydrogen-bond acceptors (Lipinski definition) is 8. The fourth-order valence-electron chi connectivity index (χ4n) is 5.09. The molecule has 0 aliphatic carbocycles. The Kier molecular flexibility index (Phi) is 8.04. The number of anilines is 3. The number of nitrogens with zero attached hydrogens (tertiary/aromatic N) is 4. The van der Waals surface area contributed by atoms with Crippen LogP contribution >= 0.6 is 11.8 Å². The predicted octanol–water partition coefficient (Wildman–Crippen LogP) is 4.98. The lowest BCUT2D eigenvalue weighted by molar-refractivity contribution is 0.0904. The zero-order valence-electron chi connectivity index (χ0n) is 22.6. The predicted molar refractivity (Wildman–Crippen MR) is 156 cm³/mol. The molecule has 6 rings (SSSR count). The molecule has 0 atom stereocenters. The average molecular weight is 580 g/mol. The largest absolute Gasteiger partial charge is 0.381 e. The van der Waals surface area contributed by atoms with Crippen molar-refractivity contribution in [2.45, 2.75) is 28.8 Å². The average Bonchev–Trinajstić information content (AvgIpc) is 3.35. The molecule has 0 bridgehead atoms. The van der Waals surface area contributed by atoms with Crippen LogP contribution in [0.3, 0.4) is 0 Å². The number of benzene rings is 2. The van der Waals surface area contributed by atoms with Crippen LogP contribution in [-0.2, 0) is 4.74 Å². The van der Waals surface area contributed by atoms with Gasteiger partial charge in [-0.3, -0.25) is 9.89 Å². The minimum Gasteiger partial charge on any atom is -0.381 e. The molecule has 3 N–H and O–H groups in total. The Morgan fingerprint density at radius 2 is 1.78 bits per heavy atom. The van der Waals surface area contributed by atoms with E-state index in [9.17, 15) is 13.6 Å². The van der Waals surface area contributed by atoms with Gasteiger partial charge in [-0.25, -0.2) is 13.8 Å². The molecule has 214 valence electrons. The number of rotatable bonds is 7. The number of piperazine rings is 1. The molecule has 0 saturated carbocycles. The standard InChI is InChI=1S/C29H31F2N7O2S/c1-37-8-10-38(11-9-37)21-2-3-23(25(17-21)32-20-6-12-40-13-7-20)29(39)34-28-24-4-5-26(33-27(24)35-36-28)41-22-15-18(30)14-19(31)16-22/h2-5,14-17,20,32H,6-13H2,1H3,(H2,33,34,35,36,39). The molecule has 0 unspecified atom stereocenters. The van der Waals surface area contributed by atoms with Crippen LogP contribution in [0, 0.1) is 11.6 Å². The molecule has 2 aromatic carbocycles. The van der Waals surface area contributed by atoms with Crippen LogP contribution in [0.25, 0.3) is 11.0 Å². The number of hydrogen-bond donors (Lipinski definition) is 3. The fourth-order valence-corrected chi connectivity index (χ4v) is 5.95. The molecule has 0 spiro atoms. The summed E-state index contributed by atoms with van der Waals surface area (Å²) in [5.41, 5.74) is 2.79. The number of carbonyl (C=O) groups excluding carboxylic acids is 1. The van der Waals surface area contributed by atoms with Gasteiger partial charge in [0.25, 0.3) is 5.91 Å². The number of aromatic amines is 1. The van der Waals surface area contributed by atoms with Crippen LogP contribution in [0.2, 0.25) is 0 Å². The molecular formula is C29H31F2N7O2S. The van der Waals surface area contributed by atoms with Crippen LogP contribution in [0.5, 0.6) is 0 Å². The maximum absolute atomic E-state index is 13.6. The summed E-state index contributed by atoms with van der Waals surface area (Å²) in [5, 5.41) is 14.8. The number of halogens is 2.